The Morgan fingerprint density at radius 3 is 2.78 bits per heavy atom. The van der Waals surface area contributed by atoms with Crippen molar-refractivity contribution in [3.05, 3.63) is 59.0 Å². The summed E-state index contributed by atoms with van der Waals surface area (Å²) in [5.74, 6) is 0.262. The summed E-state index contributed by atoms with van der Waals surface area (Å²) < 4.78 is 5.59. The minimum absolute atomic E-state index is 0.175. The first-order valence-electron chi connectivity index (χ1n) is 8.47. The fraction of sp³-hybridized carbons (Fsp3) is 0.150. The largest absolute Gasteiger partial charge is 0.479 e. The molecule has 2 amide bonds. The summed E-state index contributed by atoms with van der Waals surface area (Å²) in [6.07, 6.45) is -0.510. The first kappa shape index (κ1) is 17.2. The molecule has 0 bridgehead atoms. The van der Waals surface area contributed by atoms with Crippen LogP contribution in [0.2, 0.25) is 0 Å². The van der Waals surface area contributed by atoms with E-state index in [1.807, 2.05) is 43.3 Å². The zero-order chi connectivity index (χ0) is 19.0. The van der Waals surface area contributed by atoms with E-state index in [1.54, 1.807) is 19.1 Å². The second-order valence-corrected chi connectivity index (χ2v) is 7.41. The molecule has 0 fully saturated rings. The van der Waals surface area contributed by atoms with Crippen molar-refractivity contribution in [2.24, 2.45) is 0 Å². The molecule has 6 nitrogen and oxygen atoms in total. The number of hydrogen-bond acceptors (Lipinski definition) is 5. The summed E-state index contributed by atoms with van der Waals surface area (Å²) in [6.45, 7) is 3.65. The van der Waals surface area contributed by atoms with Crippen LogP contribution in [0.4, 0.5) is 10.8 Å². The van der Waals surface area contributed by atoms with E-state index in [0.29, 0.717) is 22.1 Å². The molecule has 0 unspecified atom stereocenters. The van der Waals surface area contributed by atoms with Crippen LogP contribution in [0.25, 0.3) is 11.3 Å². The quantitative estimate of drug-likeness (QED) is 0.718. The van der Waals surface area contributed by atoms with Gasteiger partial charge in [0.15, 0.2) is 11.2 Å². The predicted octanol–water partition coefficient (Wildman–Crippen LogP) is 4.09. The third-order valence-corrected chi connectivity index (χ3v) is 5.12. The number of benzene rings is 2. The summed E-state index contributed by atoms with van der Waals surface area (Å²) in [6, 6.07) is 14.6. The average Bonchev–Trinajstić information content (AvgIpc) is 3.03. The van der Waals surface area contributed by atoms with Crippen LogP contribution < -0.4 is 15.4 Å². The van der Waals surface area contributed by atoms with E-state index in [2.05, 4.69) is 15.6 Å². The van der Waals surface area contributed by atoms with Gasteiger partial charge < -0.3 is 10.1 Å². The Balaban J connectivity index is 1.60. The van der Waals surface area contributed by atoms with Gasteiger partial charge in [-0.1, -0.05) is 18.2 Å². The molecular formula is C20H17N3O3S. The van der Waals surface area contributed by atoms with Crippen LogP contribution in [0.3, 0.4) is 0 Å². The lowest BCUT2D eigenvalue weighted by molar-refractivity contribution is -0.122. The lowest BCUT2D eigenvalue weighted by atomic mass is 10.1. The second-order valence-electron chi connectivity index (χ2n) is 6.20. The Labute approximate surface area is 160 Å². The number of ether oxygens (including phenoxy) is 1. The molecule has 1 aliphatic heterocycles. The smallest absolute Gasteiger partial charge is 0.265 e. The lowest BCUT2D eigenvalue weighted by Crippen LogP contribution is -2.34. The molecule has 4 rings (SSSR count). The molecule has 1 aromatic heterocycles. The van der Waals surface area contributed by atoms with Gasteiger partial charge in [0, 0.05) is 16.0 Å². The van der Waals surface area contributed by atoms with Crippen LogP contribution >= 0.6 is 11.3 Å². The number of carbonyl (C=O) groups is 2. The predicted molar refractivity (Wildman–Crippen MR) is 105 cm³/mol. The highest BCUT2D eigenvalue weighted by atomic mass is 32.1. The molecule has 1 aliphatic rings. The van der Waals surface area contributed by atoms with E-state index in [4.69, 9.17) is 4.74 Å². The van der Waals surface area contributed by atoms with Gasteiger partial charge in [0.1, 0.15) is 5.75 Å². The summed E-state index contributed by atoms with van der Waals surface area (Å²) in [7, 11) is 0. The summed E-state index contributed by atoms with van der Waals surface area (Å²) in [5.41, 5.74) is 2.81. The van der Waals surface area contributed by atoms with Crippen molar-refractivity contribution in [3.63, 3.8) is 0 Å². The Morgan fingerprint density at radius 1 is 1.22 bits per heavy atom. The topological polar surface area (TPSA) is 80.3 Å². The number of nitrogens with zero attached hydrogens (tertiary/aromatic N) is 1. The Kier molecular flexibility index (Phi) is 4.37. The van der Waals surface area contributed by atoms with Crippen LogP contribution in [0.5, 0.6) is 5.75 Å². The molecule has 1 atom stereocenters. The number of nitrogens with one attached hydrogen (secondary N) is 2. The molecule has 0 saturated carbocycles. The Bertz CT molecular complexity index is 1030. The molecule has 0 spiro atoms. The number of anilines is 2. The summed E-state index contributed by atoms with van der Waals surface area (Å²) in [4.78, 5) is 29.7. The maximum atomic E-state index is 12.3. The number of hydrogen-bond donors (Lipinski definition) is 2. The minimum atomic E-state index is -0.510. The van der Waals surface area contributed by atoms with E-state index in [9.17, 15) is 9.59 Å². The molecule has 0 radical (unpaired) electrons. The molecule has 136 valence electrons. The highest BCUT2D eigenvalue weighted by Crippen LogP contribution is 2.37. The molecule has 2 N–H and O–H groups in total. The zero-order valence-electron chi connectivity index (χ0n) is 14.8. The van der Waals surface area contributed by atoms with Gasteiger partial charge in [-0.15, -0.1) is 11.3 Å². The van der Waals surface area contributed by atoms with Crippen LogP contribution in [0, 0.1) is 6.92 Å². The van der Waals surface area contributed by atoms with Gasteiger partial charge in [0.25, 0.3) is 11.8 Å². The number of carbonyl (C=O) groups excluding carboxylic acids is 2. The summed E-state index contributed by atoms with van der Waals surface area (Å²) >= 11 is 1.41. The monoisotopic (exact) mass is 379 g/mol. The van der Waals surface area contributed by atoms with Crippen molar-refractivity contribution >= 4 is 34.0 Å². The Morgan fingerprint density at radius 2 is 2.00 bits per heavy atom. The summed E-state index contributed by atoms with van der Waals surface area (Å²) in [5, 5.41) is 6.21. The van der Waals surface area contributed by atoms with Crippen molar-refractivity contribution in [3.8, 4) is 17.0 Å². The van der Waals surface area contributed by atoms with Crippen molar-refractivity contribution in [2.75, 3.05) is 10.6 Å². The molecule has 0 aliphatic carbocycles. The van der Waals surface area contributed by atoms with Crippen LogP contribution in [0.15, 0.2) is 48.5 Å². The van der Waals surface area contributed by atoms with Crippen molar-refractivity contribution < 1.29 is 14.3 Å². The molecule has 7 heteroatoms. The van der Waals surface area contributed by atoms with Gasteiger partial charge in [0.2, 0.25) is 0 Å². The third kappa shape index (κ3) is 3.41. The van der Waals surface area contributed by atoms with E-state index in [-0.39, 0.29) is 11.8 Å². The van der Waals surface area contributed by atoms with Crippen LogP contribution in [0.1, 0.15) is 22.2 Å². The van der Waals surface area contributed by atoms with Crippen molar-refractivity contribution in [1.29, 1.82) is 0 Å². The van der Waals surface area contributed by atoms with Gasteiger partial charge in [-0.25, -0.2) is 4.98 Å². The first-order chi connectivity index (χ1) is 13.0. The van der Waals surface area contributed by atoms with Crippen molar-refractivity contribution in [2.45, 2.75) is 20.0 Å². The fourth-order valence-corrected chi connectivity index (χ4v) is 3.66. The molecular weight excluding hydrogens is 362 g/mol. The van der Waals surface area contributed by atoms with Gasteiger partial charge in [-0.05, 0) is 44.2 Å². The number of amides is 2. The maximum Gasteiger partial charge on any atom is 0.265 e. The van der Waals surface area contributed by atoms with Gasteiger partial charge in [-0.3, -0.25) is 14.9 Å². The molecule has 27 heavy (non-hydrogen) atoms. The minimum Gasteiger partial charge on any atom is -0.479 e. The SMILES string of the molecule is Cc1sc(NC(=O)c2ccccc2)nc1-c1ccc2c(c1)NC(=O)[C@H](C)O2. The van der Waals surface area contributed by atoms with E-state index >= 15 is 0 Å². The fourth-order valence-electron chi connectivity index (χ4n) is 2.83. The van der Waals surface area contributed by atoms with Gasteiger partial charge >= 0.3 is 0 Å². The number of aromatic nitrogens is 1. The third-order valence-electron chi connectivity index (χ3n) is 4.24. The van der Waals surface area contributed by atoms with E-state index < -0.39 is 6.10 Å². The Hall–Kier alpha value is -3.19. The first-order valence-corrected chi connectivity index (χ1v) is 9.28. The number of thiazole rings is 1. The van der Waals surface area contributed by atoms with E-state index in [0.717, 1.165) is 16.1 Å². The van der Waals surface area contributed by atoms with Gasteiger partial charge in [0.05, 0.1) is 11.4 Å². The van der Waals surface area contributed by atoms with Crippen LogP contribution in [-0.4, -0.2) is 22.9 Å². The molecule has 2 aromatic carbocycles. The normalized spacial score (nSPS) is 15.5. The maximum absolute atomic E-state index is 12.3. The standard InChI is InChI=1S/C20H17N3O3S/c1-11-18(24)21-15-10-14(8-9-16(15)26-11)17-12(2)27-20(22-17)23-19(25)13-6-4-3-5-7-13/h3-11H,1-2H3,(H,21,24)(H,22,23,25)/t11-/m0/s1. The molecule has 2 heterocycles. The van der Waals surface area contributed by atoms with Crippen molar-refractivity contribution in [1.82, 2.24) is 4.98 Å². The molecule has 0 saturated heterocycles. The average molecular weight is 379 g/mol. The molecule has 3 aromatic rings. The second kappa shape index (κ2) is 6.85. The lowest BCUT2D eigenvalue weighted by Gasteiger charge is -2.23. The number of fused-ring (bicyclic) bond motifs is 1. The van der Waals surface area contributed by atoms with E-state index in [1.165, 1.54) is 11.3 Å². The zero-order valence-corrected chi connectivity index (χ0v) is 15.6. The number of aryl methyl sites for hydroxylation is 1. The highest BCUT2D eigenvalue weighted by molar-refractivity contribution is 7.16. The van der Waals surface area contributed by atoms with Crippen LogP contribution in [-0.2, 0) is 4.79 Å². The van der Waals surface area contributed by atoms with Gasteiger partial charge in [-0.2, -0.15) is 0 Å². The highest BCUT2D eigenvalue weighted by Gasteiger charge is 2.24. The number of rotatable bonds is 3.